The first kappa shape index (κ1) is 22.4. The van der Waals surface area contributed by atoms with Crippen molar-refractivity contribution in [3.05, 3.63) is 34.4 Å². The number of hydrogen-bond donors (Lipinski definition) is 0. The molecule has 2 aromatic rings. The first-order valence-electron chi connectivity index (χ1n) is 10.8. The number of esters is 1. The van der Waals surface area contributed by atoms with Crippen LogP contribution in [0.15, 0.2) is 12.1 Å². The molecule has 0 bridgehead atoms. The molecule has 8 heteroatoms. The van der Waals surface area contributed by atoms with E-state index in [0.29, 0.717) is 34.4 Å². The van der Waals surface area contributed by atoms with E-state index in [-0.39, 0.29) is 12.2 Å². The number of carbonyl (C=O) groups excluding carboxylic acids is 2. The number of Topliss-reactive ketones (excluding diaryl/α,β-unsaturated/α-hetero) is 1. The van der Waals surface area contributed by atoms with E-state index < -0.39 is 24.0 Å². The Balaban J connectivity index is 1.92. The van der Waals surface area contributed by atoms with Crippen LogP contribution >= 0.6 is 0 Å². The van der Waals surface area contributed by atoms with Crippen molar-refractivity contribution < 1.29 is 37.0 Å². The molecule has 0 saturated heterocycles. The second-order valence-corrected chi connectivity index (χ2v) is 8.78. The maximum absolute atomic E-state index is 12.9. The largest absolute Gasteiger partial charge is 0.490 e. The van der Waals surface area contributed by atoms with Gasteiger partial charge in [-0.1, -0.05) is 0 Å². The Morgan fingerprint density at radius 2 is 1.47 bits per heavy atom. The lowest BCUT2D eigenvalue weighted by molar-refractivity contribution is -0.203. The highest BCUT2D eigenvalue weighted by Gasteiger charge is 2.49. The summed E-state index contributed by atoms with van der Waals surface area (Å²) in [5.41, 5.74) is 2.50. The van der Waals surface area contributed by atoms with Crippen LogP contribution in [0.1, 0.15) is 73.7 Å². The fraction of sp³-hybridized carbons (Fsp3) is 0.500. The number of benzene rings is 2. The second kappa shape index (κ2) is 7.98. The lowest BCUT2D eigenvalue weighted by atomic mass is 9.71. The number of rotatable bonds is 5. The molecule has 32 heavy (non-hydrogen) atoms. The molecule has 0 spiro atoms. The van der Waals surface area contributed by atoms with E-state index in [9.17, 15) is 22.8 Å². The van der Waals surface area contributed by atoms with Crippen LogP contribution < -0.4 is 9.47 Å². The molecule has 0 radical (unpaired) electrons. The Hall–Kier alpha value is -2.77. The van der Waals surface area contributed by atoms with Gasteiger partial charge in [-0.3, -0.25) is 4.79 Å². The van der Waals surface area contributed by atoms with E-state index in [4.69, 9.17) is 9.47 Å². The average molecular weight is 450 g/mol. The van der Waals surface area contributed by atoms with Crippen LogP contribution in [0.25, 0.3) is 10.8 Å². The van der Waals surface area contributed by atoms with Gasteiger partial charge in [0.1, 0.15) is 0 Å². The predicted molar refractivity (Wildman–Crippen MR) is 111 cm³/mol. The maximum Gasteiger partial charge on any atom is 0.490 e. The molecule has 172 valence electrons. The molecule has 2 aliphatic carbocycles. The van der Waals surface area contributed by atoms with E-state index in [1.54, 1.807) is 6.07 Å². The van der Waals surface area contributed by atoms with Crippen LogP contribution in [-0.4, -0.2) is 30.1 Å². The first-order valence-corrected chi connectivity index (χ1v) is 10.8. The van der Waals surface area contributed by atoms with Crippen molar-refractivity contribution >= 4 is 22.5 Å². The Labute approximate surface area is 183 Å². The molecule has 0 fully saturated rings. The molecule has 0 aliphatic heterocycles. The molecule has 0 heterocycles. The maximum atomic E-state index is 12.9. The van der Waals surface area contributed by atoms with Crippen molar-refractivity contribution in [1.29, 1.82) is 0 Å². The Morgan fingerprint density at radius 3 is 2.00 bits per heavy atom. The number of fused-ring (bicyclic) bond motifs is 6. The minimum Gasteiger partial charge on any atom is -0.487 e. The van der Waals surface area contributed by atoms with E-state index in [1.165, 1.54) is 0 Å². The number of hydrogen-bond acceptors (Lipinski definition) is 5. The summed E-state index contributed by atoms with van der Waals surface area (Å²) in [6.45, 7) is 7.54. The monoisotopic (exact) mass is 450 g/mol. The third-order valence-electron chi connectivity index (χ3n) is 5.67. The second-order valence-electron chi connectivity index (χ2n) is 8.78. The standard InChI is InChI=1S/C24H25F3O5/c1-11(2)30-17-9-15-13-7-5-6-8-14(13)20-19(16(15)10-18(17)31-12(3)4)21(28)22(20)32-23(29)24(25,26)27/h9-12,22H,5-8H2,1-4H3. The highest BCUT2D eigenvalue weighted by Crippen LogP contribution is 2.50. The normalized spacial score (nSPS) is 17.8. The third kappa shape index (κ3) is 3.80. The van der Waals surface area contributed by atoms with E-state index >= 15 is 0 Å². The van der Waals surface area contributed by atoms with Crippen molar-refractivity contribution in [1.82, 2.24) is 0 Å². The summed E-state index contributed by atoms with van der Waals surface area (Å²) in [6, 6.07) is 3.58. The number of halogens is 3. The van der Waals surface area contributed by atoms with Gasteiger partial charge in [-0.15, -0.1) is 0 Å². The molecule has 2 aliphatic rings. The number of aryl methyl sites for hydroxylation is 1. The zero-order valence-corrected chi connectivity index (χ0v) is 18.4. The van der Waals surface area contributed by atoms with E-state index in [1.807, 2.05) is 33.8 Å². The summed E-state index contributed by atoms with van der Waals surface area (Å²) in [6.07, 6.45) is -3.82. The molecule has 0 aromatic heterocycles. The average Bonchev–Trinajstić information content (AvgIpc) is 2.69. The van der Waals surface area contributed by atoms with Gasteiger partial charge in [0.05, 0.1) is 12.2 Å². The fourth-order valence-corrected chi connectivity index (χ4v) is 4.53. The van der Waals surface area contributed by atoms with E-state index in [2.05, 4.69) is 4.74 Å². The number of ether oxygens (including phenoxy) is 3. The highest BCUT2D eigenvalue weighted by atomic mass is 19.4. The zero-order valence-electron chi connectivity index (χ0n) is 18.4. The van der Waals surface area contributed by atoms with E-state index in [0.717, 1.165) is 35.8 Å². The summed E-state index contributed by atoms with van der Waals surface area (Å²) in [4.78, 5) is 24.3. The molecular weight excluding hydrogens is 425 g/mol. The van der Waals surface area contributed by atoms with Gasteiger partial charge < -0.3 is 14.2 Å². The third-order valence-corrected chi connectivity index (χ3v) is 5.67. The quantitative estimate of drug-likeness (QED) is 0.552. The van der Waals surface area contributed by atoms with Crippen molar-refractivity contribution in [3.8, 4) is 11.5 Å². The fourth-order valence-electron chi connectivity index (χ4n) is 4.53. The van der Waals surface area contributed by atoms with Gasteiger partial charge in [0.2, 0.25) is 5.78 Å². The minimum atomic E-state index is -5.16. The molecule has 0 N–H and O–H groups in total. The van der Waals surface area contributed by atoms with Crippen molar-refractivity contribution in [2.24, 2.45) is 0 Å². The Kier molecular flexibility index (Phi) is 5.59. The summed E-state index contributed by atoms with van der Waals surface area (Å²) in [5.74, 6) is -1.96. The van der Waals surface area contributed by atoms with Crippen LogP contribution in [0.4, 0.5) is 13.2 Å². The molecule has 4 rings (SSSR count). The molecule has 5 nitrogen and oxygen atoms in total. The molecular formula is C24H25F3O5. The predicted octanol–water partition coefficient (Wildman–Crippen LogP) is 5.64. The molecule has 1 unspecified atom stereocenters. The van der Waals surface area contributed by atoms with Gasteiger partial charge in [0.25, 0.3) is 0 Å². The molecule has 2 aromatic carbocycles. The Morgan fingerprint density at radius 1 is 0.938 bits per heavy atom. The van der Waals surface area contributed by atoms with Gasteiger partial charge in [0, 0.05) is 11.1 Å². The van der Waals surface area contributed by atoms with Gasteiger partial charge in [-0.05, 0) is 87.4 Å². The SMILES string of the molecule is CC(C)Oc1cc2c3c(c4c(c2cc1OC(C)C)C(=O)C4OC(=O)C(F)(F)F)CCCC3. The first-order chi connectivity index (χ1) is 15.0. The molecule has 0 amide bonds. The van der Waals surface area contributed by atoms with Crippen LogP contribution in [-0.2, 0) is 22.4 Å². The summed E-state index contributed by atoms with van der Waals surface area (Å²) in [7, 11) is 0. The molecule has 0 saturated carbocycles. The summed E-state index contributed by atoms with van der Waals surface area (Å²) >= 11 is 0. The lowest BCUT2D eigenvalue weighted by Gasteiger charge is -2.35. The summed E-state index contributed by atoms with van der Waals surface area (Å²) < 4.78 is 54.8. The van der Waals surface area contributed by atoms with Gasteiger partial charge in [0.15, 0.2) is 17.6 Å². The number of alkyl halides is 3. The number of ketones is 1. The lowest BCUT2D eigenvalue weighted by Crippen LogP contribution is -2.37. The van der Waals surface area contributed by atoms with Crippen LogP contribution in [0.3, 0.4) is 0 Å². The molecule has 1 atom stereocenters. The van der Waals surface area contributed by atoms with Crippen LogP contribution in [0.2, 0.25) is 0 Å². The smallest absolute Gasteiger partial charge is 0.487 e. The van der Waals surface area contributed by atoms with Crippen molar-refractivity contribution in [2.75, 3.05) is 0 Å². The summed E-state index contributed by atoms with van der Waals surface area (Å²) in [5, 5.41) is 1.43. The topological polar surface area (TPSA) is 61.8 Å². The Bertz CT molecular complexity index is 1100. The zero-order chi connectivity index (χ0) is 23.4. The van der Waals surface area contributed by atoms with Gasteiger partial charge >= 0.3 is 12.1 Å². The number of carbonyl (C=O) groups is 2. The van der Waals surface area contributed by atoms with Crippen LogP contribution in [0, 0.1) is 0 Å². The van der Waals surface area contributed by atoms with Gasteiger partial charge in [-0.25, -0.2) is 4.79 Å². The van der Waals surface area contributed by atoms with Crippen molar-refractivity contribution in [3.63, 3.8) is 0 Å². The van der Waals surface area contributed by atoms with Crippen LogP contribution in [0.5, 0.6) is 11.5 Å². The van der Waals surface area contributed by atoms with Crippen molar-refractivity contribution in [2.45, 2.75) is 77.9 Å². The van der Waals surface area contributed by atoms with Gasteiger partial charge in [-0.2, -0.15) is 13.2 Å². The highest BCUT2D eigenvalue weighted by molar-refractivity contribution is 6.20. The minimum absolute atomic E-state index is 0.0998.